The van der Waals surface area contributed by atoms with Crippen LogP contribution < -0.4 is 10.6 Å². The molecule has 2 heterocycles. The fourth-order valence-electron chi connectivity index (χ4n) is 3.99. The van der Waals surface area contributed by atoms with Crippen LogP contribution in [0.2, 0.25) is 0 Å². The van der Waals surface area contributed by atoms with E-state index < -0.39 is 0 Å². The fraction of sp³-hybridized carbons (Fsp3) is 0.667. The summed E-state index contributed by atoms with van der Waals surface area (Å²) >= 11 is 0. The molecule has 1 aromatic rings. The van der Waals surface area contributed by atoms with Crippen molar-refractivity contribution in [1.82, 2.24) is 15.6 Å². The molecule has 2 aliphatic rings. The van der Waals surface area contributed by atoms with Crippen LogP contribution in [0, 0.1) is 12.3 Å². The van der Waals surface area contributed by atoms with Gasteiger partial charge in [0.15, 0.2) is 5.78 Å². The Morgan fingerprint density at radius 1 is 1.29 bits per heavy atom. The smallest absolute Gasteiger partial charge is 0.268 e. The van der Waals surface area contributed by atoms with Crippen molar-refractivity contribution >= 4 is 11.7 Å². The number of carbonyl (C=O) groups is 2. The molecule has 1 saturated heterocycles. The van der Waals surface area contributed by atoms with E-state index in [1.807, 2.05) is 6.92 Å². The Morgan fingerprint density at radius 2 is 2.04 bits per heavy atom. The number of nitrogens with one attached hydrogen (secondary N) is 3. The number of Topliss-reactive ketones (excluding diaryl/α,β-unsaturated/α-hetero) is 1. The van der Waals surface area contributed by atoms with E-state index in [2.05, 4.69) is 15.6 Å². The Morgan fingerprint density at radius 3 is 2.71 bits per heavy atom. The molecule has 1 amide bonds. The zero-order valence-corrected chi connectivity index (χ0v) is 14.6. The van der Waals surface area contributed by atoms with E-state index in [0.717, 1.165) is 55.6 Å². The van der Waals surface area contributed by atoms with Gasteiger partial charge in [0.2, 0.25) is 0 Å². The Labute approximate surface area is 142 Å². The van der Waals surface area contributed by atoms with Gasteiger partial charge in [-0.25, -0.2) is 0 Å². The van der Waals surface area contributed by atoms with Crippen LogP contribution in [0.25, 0.3) is 0 Å². The molecule has 6 heteroatoms. The van der Waals surface area contributed by atoms with Gasteiger partial charge in [-0.1, -0.05) is 0 Å². The molecule has 24 heavy (non-hydrogen) atoms. The highest BCUT2D eigenvalue weighted by Crippen LogP contribution is 2.29. The predicted octanol–water partition coefficient (Wildman–Crippen LogP) is 1.59. The first-order valence-electron chi connectivity index (χ1n) is 8.79. The summed E-state index contributed by atoms with van der Waals surface area (Å²) in [6, 6.07) is 0. The molecule has 0 aromatic carbocycles. The second-order valence-electron chi connectivity index (χ2n) is 7.12. The molecular weight excluding hydrogens is 306 g/mol. The number of amides is 1. The number of fused-ring (bicyclic) bond motifs is 1. The first-order chi connectivity index (χ1) is 11.6. The minimum Gasteiger partial charge on any atom is -0.384 e. The minimum absolute atomic E-state index is 0.00834. The number of hydrogen-bond donors (Lipinski definition) is 3. The SMILES string of the molecule is COCC1(CNC(=O)c2[nH]c3c(c2C)C(=O)CCC3)CCNCC1. The molecule has 0 saturated carbocycles. The number of rotatable bonds is 5. The van der Waals surface area contributed by atoms with Crippen LogP contribution in [-0.4, -0.2) is 50.0 Å². The van der Waals surface area contributed by atoms with Gasteiger partial charge in [0, 0.05) is 36.7 Å². The van der Waals surface area contributed by atoms with Crippen LogP contribution in [0.15, 0.2) is 0 Å². The number of ketones is 1. The molecule has 1 fully saturated rings. The first kappa shape index (κ1) is 17.2. The summed E-state index contributed by atoms with van der Waals surface area (Å²) in [6.45, 7) is 5.00. The summed E-state index contributed by atoms with van der Waals surface area (Å²) in [6.07, 6.45) is 4.25. The number of aryl methyl sites for hydroxylation is 1. The average molecular weight is 333 g/mol. The van der Waals surface area contributed by atoms with Crippen molar-refractivity contribution in [2.24, 2.45) is 5.41 Å². The van der Waals surface area contributed by atoms with Gasteiger partial charge in [-0.15, -0.1) is 0 Å². The van der Waals surface area contributed by atoms with Crippen molar-refractivity contribution in [3.63, 3.8) is 0 Å². The van der Waals surface area contributed by atoms with Crippen LogP contribution in [0.5, 0.6) is 0 Å². The summed E-state index contributed by atoms with van der Waals surface area (Å²) in [4.78, 5) is 28.0. The molecule has 1 aromatic heterocycles. The third kappa shape index (κ3) is 3.26. The molecule has 0 radical (unpaired) electrons. The van der Waals surface area contributed by atoms with Gasteiger partial charge >= 0.3 is 0 Å². The standard InChI is InChI=1S/C18H27N3O3/c1-12-15-13(4-3-5-14(15)22)21-16(12)17(23)20-10-18(11-24-2)6-8-19-9-7-18/h19,21H,3-11H2,1-2H3,(H,20,23). The third-order valence-electron chi connectivity index (χ3n) is 5.40. The average Bonchev–Trinajstić information content (AvgIpc) is 2.92. The maximum Gasteiger partial charge on any atom is 0.268 e. The number of ether oxygens (including phenoxy) is 1. The van der Waals surface area contributed by atoms with Crippen LogP contribution >= 0.6 is 0 Å². The lowest BCUT2D eigenvalue weighted by Gasteiger charge is -2.37. The molecule has 132 valence electrons. The monoisotopic (exact) mass is 333 g/mol. The molecule has 3 rings (SSSR count). The normalized spacial score (nSPS) is 19.8. The zero-order valence-electron chi connectivity index (χ0n) is 14.6. The van der Waals surface area contributed by atoms with Crippen molar-refractivity contribution in [3.8, 4) is 0 Å². The molecule has 3 N–H and O–H groups in total. The van der Waals surface area contributed by atoms with Gasteiger partial charge in [-0.3, -0.25) is 9.59 Å². The minimum atomic E-state index is -0.122. The van der Waals surface area contributed by atoms with Crippen LogP contribution in [-0.2, 0) is 11.2 Å². The number of methoxy groups -OCH3 is 1. The molecule has 1 aliphatic heterocycles. The van der Waals surface area contributed by atoms with Gasteiger partial charge < -0.3 is 20.4 Å². The lowest BCUT2D eigenvalue weighted by atomic mass is 9.79. The van der Waals surface area contributed by atoms with Gasteiger partial charge in [-0.05, 0) is 51.3 Å². The Bertz CT molecular complexity index is 624. The Balaban J connectivity index is 1.72. The highest BCUT2D eigenvalue weighted by molar-refractivity contribution is 6.04. The molecule has 1 aliphatic carbocycles. The Kier molecular flexibility index (Phi) is 5.06. The second-order valence-corrected chi connectivity index (χ2v) is 7.12. The summed E-state index contributed by atoms with van der Waals surface area (Å²) < 4.78 is 5.40. The number of H-pyrrole nitrogens is 1. The summed E-state index contributed by atoms with van der Waals surface area (Å²) in [5, 5.41) is 6.42. The highest BCUT2D eigenvalue weighted by Gasteiger charge is 2.33. The van der Waals surface area contributed by atoms with E-state index in [0.29, 0.717) is 25.3 Å². The third-order valence-corrected chi connectivity index (χ3v) is 5.40. The van der Waals surface area contributed by atoms with Crippen molar-refractivity contribution in [1.29, 1.82) is 0 Å². The van der Waals surface area contributed by atoms with Crippen LogP contribution in [0.1, 0.15) is 57.8 Å². The number of hydrogen-bond acceptors (Lipinski definition) is 4. The zero-order chi connectivity index (χ0) is 17.2. The topological polar surface area (TPSA) is 83.2 Å². The lowest BCUT2D eigenvalue weighted by molar-refractivity contribution is 0.0510. The van der Waals surface area contributed by atoms with Crippen LogP contribution in [0.4, 0.5) is 0 Å². The van der Waals surface area contributed by atoms with Crippen molar-refractivity contribution < 1.29 is 14.3 Å². The number of piperidine rings is 1. The largest absolute Gasteiger partial charge is 0.384 e. The first-order valence-corrected chi connectivity index (χ1v) is 8.79. The predicted molar refractivity (Wildman–Crippen MR) is 91.5 cm³/mol. The maximum atomic E-state index is 12.7. The van der Waals surface area contributed by atoms with E-state index in [1.54, 1.807) is 7.11 Å². The summed E-state index contributed by atoms with van der Waals surface area (Å²) in [5.41, 5.74) is 2.98. The number of aromatic nitrogens is 1. The molecule has 0 atom stereocenters. The molecule has 6 nitrogen and oxygen atoms in total. The number of carbonyl (C=O) groups excluding carboxylic acids is 2. The van der Waals surface area contributed by atoms with Gasteiger partial charge in [0.05, 0.1) is 6.61 Å². The summed E-state index contributed by atoms with van der Waals surface area (Å²) in [5.74, 6) is 0.0296. The van der Waals surface area contributed by atoms with E-state index >= 15 is 0 Å². The van der Waals surface area contributed by atoms with E-state index in [4.69, 9.17) is 4.74 Å². The molecule has 0 spiro atoms. The van der Waals surface area contributed by atoms with Gasteiger partial charge in [0.25, 0.3) is 5.91 Å². The molecular formula is C18H27N3O3. The van der Waals surface area contributed by atoms with Crippen molar-refractivity contribution in [2.75, 3.05) is 33.4 Å². The number of aromatic amines is 1. The lowest BCUT2D eigenvalue weighted by Crippen LogP contribution is -2.47. The van der Waals surface area contributed by atoms with Crippen molar-refractivity contribution in [3.05, 3.63) is 22.5 Å². The fourth-order valence-corrected chi connectivity index (χ4v) is 3.99. The van der Waals surface area contributed by atoms with Gasteiger partial charge in [-0.2, -0.15) is 0 Å². The van der Waals surface area contributed by atoms with Crippen molar-refractivity contribution in [2.45, 2.75) is 39.0 Å². The maximum absolute atomic E-state index is 12.7. The quantitative estimate of drug-likeness (QED) is 0.764. The van der Waals surface area contributed by atoms with E-state index in [-0.39, 0.29) is 17.1 Å². The van der Waals surface area contributed by atoms with E-state index in [9.17, 15) is 9.59 Å². The van der Waals surface area contributed by atoms with E-state index in [1.165, 1.54) is 0 Å². The summed E-state index contributed by atoms with van der Waals surface area (Å²) in [7, 11) is 1.71. The Hall–Kier alpha value is -1.66. The second kappa shape index (κ2) is 7.07. The molecule has 0 unspecified atom stereocenters. The van der Waals surface area contributed by atoms with Crippen LogP contribution in [0.3, 0.4) is 0 Å². The van der Waals surface area contributed by atoms with Gasteiger partial charge in [0.1, 0.15) is 5.69 Å². The molecule has 0 bridgehead atoms. The highest BCUT2D eigenvalue weighted by atomic mass is 16.5.